The molecule has 1 aliphatic rings. The van der Waals surface area contributed by atoms with Gasteiger partial charge in [0, 0.05) is 11.6 Å². The Kier molecular flexibility index (Phi) is 4.83. The quantitative estimate of drug-likeness (QED) is 0.627. The second-order valence-electron chi connectivity index (χ2n) is 6.42. The Bertz CT molecular complexity index is 892. The largest absolute Gasteiger partial charge is 0.481 e. The number of hydrogen-bond donors (Lipinski definition) is 0. The lowest BCUT2D eigenvalue weighted by Crippen LogP contribution is -2.40. The fourth-order valence-corrected chi connectivity index (χ4v) is 4.56. The normalized spacial score (nSPS) is 18.2. The molecule has 1 fully saturated rings. The molecule has 0 aliphatic carbocycles. The van der Waals surface area contributed by atoms with Gasteiger partial charge in [0.2, 0.25) is 0 Å². The van der Waals surface area contributed by atoms with Crippen LogP contribution in [0.3, 0.4) is 0 Å². The van der Waals surface area contributed by atoms with Gasteiger partial charge < -0.3 is 9.64 Å². The molecule has 0 saturated carbocycles. The van der Waals surface area contributed by atoms with E-state index >= 15 is 0 Å². The van der Waals surface area contributed by atoms with Crippen molar-refractivity contribution in [3.8, 4) is 5.75 Å². The van der Waals surface area contributed by atoms with Crippen molar-refractivity contribution in [2.45, 2.75) is 31.9 Å². The Labute approximate surface area is 161 Å². The summed E-state index contributed by atoms with van der Waals surface area (Å²) in [7, 11) is 0. The number of para-hydroxylation sites is 1. The first-order valence-corrected chi connectivity index (χ1v) is 9.89. The first-order valence-electron chi connectivity index (χ1n) is 8.70. The number of carbonyl (C=O) groups is 1. The molecule has 1 aromatic heterocycles. The Balaban J connectivity index is 1.51. The van der Waals surface area contributed by atoms with Gasteiger partial charge in [-0.3, -0.25) is 4.79 Å². The highest BCUT2D eigenvalue weighted by Gasteiger charge is 2.35. The van der Waals surface area contributed by atoms with Gasteiger partial charge in [0.15, 0.2) is 6.10 Å². The number of rotatable bonds is 4. The molecule has 0 bridgehead atoms. The number of thiazole rings is 1. The number of nitrogens with zero attached hydrogens (tertiary/aromatic N) is 2. The average molecular weight is 387 g/mol. The molecule has 4 rings (SSSR count). The summed E-state index contributed by atoms with van der Waals surface area (Å²) in [6.45, 7) is 2.54. The number of aromatic nitrogens is 1. The summed E-state index contributed by atoms with van der Waals surface area (Å²) in [6, 6.07) is 15.2. The van der Waals surface area contributed by atoms with Crippen molar-refractivity contribution in [3.63, 3.8) is 0 Å². The molecular formula is C20H19ClN2O2S. The molecule has 1 amide bonds. The van der Waals surface area contributed by atoms with E-state index in [-0.39, 0.29) is 11.9 Å². The van der Waals surface area contributed by atoms with E-state index in [1.807, 2.05) is 23.1 Å². The van der Waals surface area contributed by atoms with E-state index in [4.69, 9.17) is 21.3 Å². The number of fused-ring (bicyclic) bond motifs is 1. The number of ether oxygens (including phenoxy) is 1. The van der Waals surface area contributed by atoms with E-state index in [1.54, 1.807) is 42.5 Å². The number of carbonyl (C=O) groups excluding carboxylic acids is 1. The van der Waals surface area contributed by atoms with Crippen molar-refractivity contribution < 1.29 is 9.53 Å². The minimum Gasteiger partial charge on any atom is -0.481 e. The van der Waals surface area contributed by atoms with Crippen molar-refractivity contribution in [3.05, 3.63) is 58.6 Å². The molecule has 2 atom stereocenters. The third kappa shape index (κ3) is 3.41. The topological polar surface area (TPSA) is 42.4 Å². The third-order valence-electron chi connectivity index (χ3n) is 4.61. The van der Waals surface area contributed by atoms with Crippen LogP contribution >= 0.6 is 22.9 Å². The highest BCUT2D eigenvalue weighted by Crippen LogP contribution is 2.37. The van der Waals surface area contributed by atoms with Crippen molar-refractivity contribution >= 4 is 39.1 Å². The van der Waals surface area contributed by atoms with Crippen molar-refractivity contribution in [1.29, 1.82) is 0 Å². The Hall–Kier alpha value is -2.11. The minimum atomic E-state index is -0.550. The zero-order chi connectivity index (χ0) is 18.1. The summed E-state index contributed by atoms with van der Waals surface area (Å²) in [5.41, 5.74) is 0.997. The maximum absolute atomic E-state index is 13.0. The Morgan fingerprint density at radius 2 is 2.04 bits per heavy atom. The second kappa shape index (κ2) is 7.25. The molecule has 0 N–H and O–H groups in total. The summed E-state index contributed by atoms with van der Waals surface area (Å²) in [5, 5.41) is 1.66. The summed E-state index contributed by atoms with van der Waals surface area (Å²) in [5.74, 6) is 0.646. The lowest BCUT2D eigenvalue weighted by molar-refractivity contribution is -0.138. The zero-order valence-corrected chi connectivity index (χ0v) is 16.0. The standard InChI is InChI=1S/C20H19ClN2O2S/c1-13(25-15-10-8-14(21)9-11-15)20(24)23-12-4-6-17(23)19-22-16-5-2-3-7-18(16)26-19/h2-3,5,7-11,13,17H,4,6,12H2,1H3. The molecule has 0 spiro atoms. The fourth-order valence-electron chi connectivity index (χ4n) is 3.32. The number of amides is 1. The molecule has 2 unspecified atom stereocenters. The minimum absolute atomic E-state index is 0.00158. The SMILES string of the molecule is CC(Oc1ccc(Cl)cc1)C(=O)N1CCCC1c1nc2ccccc2s1. The Morgan fingerprint density at radius 3 is 2.81 bits per heavy atom. The van der Waals surface area contributed by atoms with E-state index in [0.717, 1.165) is 34.6 Å². The molecule has 6 heteroatoms. The van der Waals surface area contributed by atoms with E-state index < -0.39 is 6.10 Å². The van der Waals surface area contributed by atoms with Gasteiger partial charge in [0.1, 0.15) is 10.8 Å². The van der Waals surface area contributed by atoms with Gasteiger partial charge in [-0.15, -0.1) is 11.3 Å². The van der Waals surface area contributed by atoms with Gasteiger partial charge in [-0.2, -0.15) is 0 Å². The van der Waals surface area contributed by atoms with Crippen LogP contribution in [-0.4, -0.2) is 28.4 Å². The predicted molar refractivity (Wildman–Crippen MR) is 105 cm³/mol. The smallest absolute Gasteiger partial charge is 0.263 e. The summed E-state index contributed by atoms with van der Waals surface area (Å²) in [6.07, 6.45) is 1.38. The number of halogens is 1. The predicted octanol–water partition coefficient (Wildman–Crippen LogP) is 5.08. The van der Waals surface area contributed by atoms with E-state index in [9.17, 15) is 4.79 Å². The monoisotopic (exact) mass is 386 g/mol. The van der Waals surface area contributed by atoms with Crippen LogP contribution in [-0.2, 0) is 4.79 Å². The molecule has 4 nitrogen and oxygen atoms in total. The van der Waals surface area contributed by atoms with Crippen molar-refractivity contribution in [1.82, 2.24) is 9.88 Å². The number of benzene rings is 2. The highest BCUT2D eigenvalue weighted by atomic mass is 35.5. The molecule has 1 saturated heterocycles. The van der Waals surface area contributed by atoms with Crippen LogP contribution in [0.2, 0.25) is 5.02 Å². The van der Waals surface area contributed by atoms with Gasteiger partial charge in [-0.05, 0) is 56.2 Å². The van der Waals surface area contributed by atoms with Crippen molar-refractivity contribution in [2.75, 3.05) is 6.54 Å². The molecule has 1 aliphatic heterocycles. The summed E-state index contributed by atoms with van der Waals surface area (Å²) in [4.78, 5) is 19.6. The van der Waals surface area contributed by atoms with Gasteiger partial charge in [0.05, 0.1) is 16.3 Å². The lowest BCUT2D eigenvalue weighted by Gasteiger charge is -2.26. The number of likely N-dealkylation sites (tertiary alicyclic amines) is 1. The van der Waals surface area contributed by atoms with Crippen molar-refractivity contribution in [2.24, 2.45) is 0 Å². The molecule has 0 radical (unpaired) electrons. The first-order chi connectivity index (χ1) is 12.6. The Morgan fingerprint density at radius 1 is 1.27 bits per heavy atom. The highest BCUT2D eigenvalue weighted by molar-refractivity contribution is 7.18. The number of hydrogen-bond acceptors (Lipinski definition) is 4. The molecule has 2 heterocycles. The van der Waals surface area contributed by atoms with E-state index in [1.165, 1.54) is 0 Å². The van der Waals surface area contributed by atoms with Crippen LogP contribution in [0, 0.1) is 0 Å². The van der Waals surface area contributed by atoms with E-state index in [0.29, 0.717) is 10.8 Å². The molecule has 134 valence electrons. The van der Waals surface area contributed by atoms with Crippen LogP contribution in [0.25, 0.3) is 10.2 Å². The van der Waals surface area contributed by atoms with Crippen LogP contribution in [0.5, 0.6) is 5.75 Å². The maximum Gasteiger partial charge on any atom is 0.263 e. The van der Waals surface area contributed by atoms with Gasteiger partial charge >= 0.3 is 0 Å². The fraction of sp³-hybridized carbons (Fsp3) is 0.300. The second-order valence-corrected chi connectivity index (χ2v) is 7.92. The molecule has 3 aromatic rings. The lowest BCUT2D eigenvalue weighted by atomic mass is 10.2. The van der Waals surface area contributed by atoms with Crippen LogP contribution in [0.1, 0.15) is 30.8 Å². The van der Waals surface area contributed by atoms with Crippen LogP contribution in [0.4, 0.5) is 0 Å². The van der Waals surface area contributed by atoms with Gasteiger partial charge in [-0.25, -0.2) is 4.98 Å². The van der Waals surface area contributed by atoms with Gasteiger partial charge in [0.25, 0.3) is 5.91 Å². The molecular weight excluding hydrogens is 368 g/mol. The third-order valence-corrected chi connectivity index (χ3v) is 6.00. The molecule has 2 aromatic carbocycles. The van der Waals surface area contributed by atoms with Gasteiger partial charge in [-0.1, -0.05) is 23.7 Å². The van der Waals surface area contributed by atoms with E-state index in [2.05, 4.69) is 6.07 Å². The maximum atomic E-state index is 13.0. The van der Waals surface area contributed by atoms with Crippen LogP contribution < -0.4 is 4.74 Å². The zero-order valence-electron chi connectivity index (χ0n) is 14.4. The molecule has 26 heavy (non-hydrogen) atoms. The summed E-state index contributed by atoms with van der Waals surface area (Å²) >= 11 is 7.57. The first kappa shape index (κ1) is 17.3. The average Bonchev–Trinajstić information content (AvgIpc) is 3.29. The summed E-state index contributed by atoms with van der Waals surface area (Å²) < 4.78 is 6.98. The van der Waals surface area contributed by atoms with Crippen LogP contribution in [0.15, 0.2) is 48.5 Å².